The predicted molar refractivity (Wildman–Crippen MR) is 58.3 cm³/mol. The van der Waals surface area contributed by atoms with Crippen molar-refractivity contribution in [1.82, 2.24) is 9.97 Å². The molecule has 0 aliphatic heterocycles. The average molecular weight is 239 g/mol. The highest BCUT2D eigenvalue weighted by molar-refractivity contribution is 6.28. The maximum absolute atomic E-state index is 13.2. The van der Waals surface area contributed by atoms with Gasteiger partial charge in [0.05, 0.1) is 6.20 Å². The van der Waals surface area contributed by atoms with E-state index in [1.165, 1.54) is 0 Å². The summed E-state index contributed by atoms with van der Waals surface area (Å²) in [5.74, 6) is -0.326. The maximum atomic E-state index is 13.2. The molecule has 1 aromatic heterocycles. The van der Waals surface area contributed by atoms with Gasteiger partial charge in [-0.15, -0.1) is 0 Å². The van der Waals surface area contributed by atoms with E-state index >= 15 is 0 Å². The first-order valence-electron chi connectivity index (χ1n) is 4.58. The number of rotatable bonds is 2. The third-order valence-electron chi connectivity index (χ3n) is 1.92. The predicted octanol–water partition coefficient (Wildman–Crippen LogP) is 3.37. The van der Waals surface area contributed by atoms with Crippen LogP contribution in [0.2, 0.25) is 5.28 Å². The Kier molecular flexibility index (Phi) is 3.01. The highest BCUT2D eigenvalue weighted by Gasteiger charge is 2.08. The maximum Gasteiger partial charge on any atom is 0.260 e. The van der Waals surface area contributed by atoms with Gasteiger partial charge >= 0.3 is 0 Å². The number of aryl methyl sites for hydroxylation is 1. The molecule has 3 nitrogen and oxygen atoms in total. The molecule has 0 bridgehead atoms. The molecule has 0 atom stereocenters. The third-order valence-corrected chi connectivity index (χ3v) is 2.10. The second-order valence-corrected chi connectivity index (χ2v) is 3.55. The van der Waals surface area contributed by atoms with Crippen LogP contribution in [0.3, 0.4) is 0 Å². The van der Waals surface area contributed by atoms with Crippen molar-refractivity contribution in [1.29, 1.82) is 0 Å². The molecular weight excluding hydrogens is 231 g/mol. The average Bonchev–Trinajstić information content (AvgIpc) is 2.27. The summed E-state index contributed by atoms with van der Waals surface area (Å²) < 4.78 is 18.5. The summed E-state index contributed by atoms with van der Waals surface area (Å²) in [6.45, 7) is 1.95. The molecule has 0 fully saturated rings. The van der Waals surface area contributed by atoms with E-state index in [2.05, 4.69) is 9.97 Å². The fourth-order valence-corrected chi connectivity index (χ4v) is 1.25. The number of ether oxygens (including phenoxy) is 1. The van der Waals surface area contributed by atoms with Gasteiger partial charge in [0.15, 0.2) is 0 Å². The Balaban J connectivity index is 2.26. The summed E-state index contributed by atoms with van der Waals surface area (Å²) in [6, 6.07) is 7.17. The normalized spacial score (nSPS) is 10.2. The zero-order valence-electron chi connectivity index (χ0n) is 8.45. The van der Waals surface area contributed by atoms with Gasteiger partial charge in [0.25, 0.3) is 5.88 Å². The molecule has 0 aliphatic carbocycles. The summed E-state index contributed by atoms with van der Waals surface area (Å²) >= 11 is 5.54. The Labute approximate surface area is 96.9 Å². The minimum absolute atomic E-state index is 0.0523. The van der Waals surface area contributed by atoms with E-state index in [9.17, 15) is 4.39 Å². The number of halogens is 2. The molecule has 0 saturated heterocycles. The topological polar surface area (TPSA) is 35.0 Å². The quantitative estimate of drug-likeness (QED) is 0.753. The van der Waals surface area contributed by atoms with E-state index in [1.807, 2.05) is 19.1 Å². The van der Waals surface area contributed by atoms with Crippen molar-refractivity contribution in [3.8, 4) is 11.6 Å². The van der Waals surface area contributed by atoms with Crippen LogP contribution in [0.25, 0.3) is 0 Å². The highest BCUT2D eigenvalue weighted by Crippen LogP contribution is 2.22. The van der Waals surface area contributed by atoms with Crippen molar-refractivity contribution in [2.24, 2.45) is 0 Å². The van der Waals surface area contributed by atoms with Crippen LogP contribution in [-0.4, -0.2) is 9.97 Å². The van der Waals surface area contributed by atoms with E-state index in [1.54, 1.807) is 12.1 Å². The van der Waals surface area contributed by atoms with Crippen LogP contribution in [0.1, 0.15) is 5.56 Å². The van der Waals surface area contributed by atoms with Crippen molar-refractivity contribution in [3.05, 3.63) is 47.1 Å². The molecule has 1 heterocycles. The van der Waals surface area contributed by atoms with Gasteiger partial charge in [0.2, 0.25) is 11.1 Å². The fraction of sp³-hybridized carbons (Fsp3) is 0.0909. The van der Waals surface area contributed by atoms with E-state index in [4.69, 9.17) is 16.3 Å². The number of benzene rings is 1. The summed E-state index contributed by atoms with van der Waals surface area (Å²) in [4.78, 5) is 7.14. The fourth-order valence-electron chi connectivity index (χ4n) is 1.12. The van der Waals surface area contributed by atoms with Crippen LogP contribution in [0.5, 0.6) is 11.6 Å². The molecule has 0 N–H and O–H groups in total. The smallest absolute Gasteiger partial charge is 0.260 e. The highest BCUT2D eigenvalue weighted by atomic mass is 35.5. The molecule has 0 saturated carbocycles. The van der Waals surface area contributed by atoms with E-state index in [0.717, 1.165) is 11.8 Å². The minimum atomic E-state index is -0.648. The molecule has 0 radical (unpaired) electrons. The lowest BCUT2D eigenvalue weighted by atomic mass is 10.2. The Hall–Kier alpha value is -1.68. The summed E-state index contributed by atoms with van der Waals surface area (Å²) in [5.41, 5.74) is 1.09. The number of nitrogens with zero attached hydrogens (tertiary/aromatic N) is 2. The van der Waals surface area contributed by atoms with Gasteiger partial charge in [0, 0.05) is 0 Å². The van der Waals surface area contributed by atoms with Gasteiger partial charge in [-0.2, -0.15) is 9.37 Å². The SMILES string of the molecule is Cc1ccc(Oc2nc(Cl)ncc2F)cc1. The van der Waals surface area contributed by atoms with E-state index in [0.29, 0.717) is 5.75 Å². The van der Waals surface area contributed by atoms with E-state index in [-0.39, 0.29) is 11.2 Å². The molecule has 2 rings (SSSR count). The van der Waals surface area contributed by atoms with Crippen molar-refractivity contribution in [3.63, 3.8) is 0 Å². The third kappa shape index (κ3) is 2.46. The van der Waals surface area contributed by atoms with Gasteiger partial charge in [-0.05, 0) is 30.7 Å². The summed E-state index contributed by atoms with van der Waals surface area (Å²) in [7, 11) is 0. The first-order chi connectivity index (χ1) is 7.65. The molecule has 0 aliphatic rings. The molecular formula is C11H8ClFN2O. The molecule has 0 amide bonds. The summed E-state index contributed by atoms with van der Waals surface area (Å²) in [5, 5.41) is -0.0523. The van der Waals surface area contributed by atoms with Crippen molar-refractivity contribution in [2.45, 2.75) is 6.92 Å². The van der Waals surface area contributed by atoms with Gasteiger partial charge in [-0.3, -0.25) is 0 Å². The summed E-state index contributed by atoms with van der Waals surface area (Å²) in [6.07, 6.45) is 0.971. The Bertz CT molecular complexity index is 502. The van der Waals surface area contributed by atoms with Crippen LogP contribution in [-0.2, 0) is 0 Å². The van der Waals surface area contributed by atoms with Crippen LogP contribution in [0, 0.1) is 12.7 Å². The number of hydrogen-bond acceptors (Lipinski definition) is 3. The zero-order valence-corrected chi connectivity index (χ0v) is 9.20. The number of hydrogen-bond donors (Lipinski definition) is 0. The monoisotopic (exact) mass is 238 g/mol. The minimum Gasteiger partial charge on any atom is -0.436 e. The Morgan fingerprint density at radius 3 is 2.62 bits per heavy atom. The van der Waals surface area contributed by atoms with Crippen LogP contribution in [0.4, 0.5) is 4.39 Å². The van der Waals surface area contributed by atoms with Gasteiger partial charge in [-0.25, -0.2) is 4.98 Å². The molecule has 16 heavy (non-hydrogen) atoms. The molecule has 82 valence electrons. The first kappa shape index (κ1) is 10.8. The standard InChI is InChI=1S/C11H8ClFN2O/c1-7-2-4-8(5-3-7)16-10-9(13)6-14-11(12)15-10/h2-6H,1H3. The van der Waals surface area contributed by atoms with Crippen LogP contribution >= 0.6 is 11.6 Å². The lowest BCUT2D eigenvalue weighted by molar-refractivity contribution is 0.420. The second-order valence-electron chi connectivity index (χ2n) is 3.21. The lowest BCUT2D eigenvalue weighted by Gasteiger charge is -2.05. The molecule has 1 aromatic carbocycles. The number of aromatic nitrogens is 2. The van der Waals surface area contributed by atoms with Crippen molar-refractivity contribution in [2.75, 3.05) is 0 Å². The first-order valence-corrected chi connectivity index (χ1v) is 4.95. The lowest BCUT2D eigenvalue weighted by Crippen LogP contribution is -1.94. The Morgan fingerprint density at radius 1 is 1.25 bits per heavy atom. The molecule has 2 aromatic rings. The van der Waals surface area contributed by atoms with Crippen molar-refractivity contribution < 1.29 is 9.13 Å². The molecule has 0 unspecified atom stereocenters. The largest absolute Gasteiger partial charge is 0.436 e. The Morgan fingerprint density at radius 2 is 1.94 bits per heavy atom. The van der Waals surface area contributed by atoms with Gasteiger partial charge in [-0.1, -0.05) is 17.7 Å². The van der Waals surface area contributed by atoms with Gasteiger partial charge < -0.3 is 4.74 Å². The van der Waals surface area contributed by atoms with E-state index < -0.39 is 5.82 Å². The van der Waals surface area contributed by atoms with Crippen molar-refractivity contribution >= 4 is 11.6 Å². The van der Waals surface area contributed by atoms with Gasteiger partial charge in [0.1, 0.15) is 5.75 Å². The zero-order chi connectivity index (χ0) is 11.5. The molecule has 5 heteroatoms. The van der Waals surface area contributed by atoms with Crippen LogP contribution < -0.4 is 4.74 Å². The molecule has 0 spiro atoms. The van der Waals surface area contributed by atoms with Crippen LogP contribution in [0.15, 0.2) is 30.5 Å². The second kappa shape index (κ2) is 4.45.